The van der Waals surface area contributed by atoms with Gasteiger partial charge in [-0.15, -0.1) is 0 Å². The Bertz CT molecular complexity index is 493. The van der Waals surface area contributed by atoms with Crippen LogP contribution in [0.1, 0.15) is 27.1 Å². The summed E-state index contributed by atoms with van der Waals surface area (Å²) in [6.07, 6.45) is 2.40. The molecule has 1 aliphatic heterocycles. The van der Waals surface area contributed by atoms with E-state index >= 15 is 0 Å². The summed E-state index contributed by atoms with van der Waals surface area (Å²) in [4.78, 5) is 25.1. The smallest absolute Gasteiger partial charge is 0.261 e. The maximum Gasteiger partial charge on any atom is 0.261 e. The molecule has 2 amide bonds. The number of nitrogens with zero attached hydrogens (tertiary/aromatic N) is 1. The van der Waals surface area contributed by atoms with Gasteiger partial charge in [0.1, 0.15) is 0 Å². The van der Waals surface area contributed by atoms with Crippen molar-refractivity contribution in [2.45, 2.75) is 6.42 Å². The quantitative estimate of drug-likeness (QED) is 0.590. The Morgan fingerprint density at radius 2 is 1.76 bits per heavy atom. The molecule has 0 spiro atoms. The van der Waals surface area contributed by atoms with E-state index in [9.17, 15) is 9.59 Å². The van der Waals surface area contributed by atoms with Crippen LogP contribution in [-0.2, 0) is 0 Å². The van der Waals surface area contributed by atoms with E-state index in [2.05, 4.69) is 11.2 Å². The van der Waals surface area contributed by atoms with Crippen molar-refractivity contribution in [3.8, 4) is 11.2 Å². The first-order chi connectivity index (χ1) is 8.25. The van der Waals surface area contributed by atoms with E-state index in [1.54, 1.807) is 24.3 Å². The molecule has 1 aromatic rings. The number of fused-ring (bicyclic) bond motifs is 1. The van der Waals surface area contributed by atoms with Gasteiger partial charge in [-0.05, 0) is 23.6 Å². The molecule has 0 aliphatic carbocycles. The van der Waals surface area contributed by atoms with Crippen LogP contribution in [0, 0.1) is 11.2 Å². The molecule has 0 radical (unpaired) electrons. The summed E-state index contributed by atoms with van der Waals surface area (Å²) in [5.74, 6) is 2.47. The van der Waals surface area contributed by atoms with Gasteiger partial charge in [-0.1, -0.05) is 29.8 Å². The van der Waals surface area contributed by atoms with Gasteiger partial charge in [0.05, 0.1) is 11.1 Å². The third-order valence-corrected chi connectivity index (χ3v) is 2.86. The number of carbonyl (C=O) groups excluding carboxylic acids is 2. The monoisotopic (exact) mass is 245 g/mol. The maximum atomic E-state index is 11.9. The second-order valence-electron chi connectivity index (χ2n) is 3.54. The number of thioether (sulfide) groups is 1. The summed E-state index contributed by atoms with van der Waals surface area (Å²) in [5.41, 5.74) is 0.991. The van der Waals surface area contributed by atoms with E-state index in [4.69, 9.17) is 0 Å². The van der Waals surface area contributed by atoms with Crippen molar-refractivity contribution in [1.82, 2.24) is 4.90 Å². The average Bonchev–Trinajstić information content (AvgIpc) is 2.60. The van der Waals surface area contributed by atoms with Crippen LogP contribution in [0.15, 0.2) is 24.3 Å². The third kappa shape index (κ3) is 2.20. The first-order valence-electron chi connectivity index (χ1n) is 5.21. The van der Waals surface area contributed by atoms with E-state index in [-0.39, 0.29) is 11.8 Å². The Hall–Kier alpha value is -1.73. The van der Waals surface area contributed by atoms with E-state index in [1.807, 2.05) is 6.26 Å². The van der Waals surface area contributed by atoms with Crippen LogP contribution >= 0.6 is 11.8 Å². The van der Waals surface area contributed by atoms with E-state index in [0.29, 0.717) is 24.1 Å². The highest BCUT2D eigenvalue weighted by Gasteiger charge is 2.34. The molecule has 0 atom stereocenters. The van der Waals surface area contributed by atoms with Gasteiger partial charge in [-0.3, -0.25) is 14.5 Å². The average molecular weight is 245 g/mol. The van der Waals surface area contributed by atoms with Crippen LogP contribution in [0.2, 0.25) is 0 Å². The molecule has 17 heavy (non-hydrogen) atoms. The maximum absolute atomic E-state index is 11.9. The molecule has 1 aliphatic rings. The Labute approximate surface area is 104 Å². The molecule has 0 aromatic heterocycles. The minimum Gasteiger partial charge on any atom is -0.273 e. The second-order valence-corrected chi connectivity index (χ2v) is 4.15. The number of benzene rings is 1. The van der Waals surface area contributed by atoms with Gasteiger partial charge >= 0.3 is 0 Å². The highest BCUT2D eigenvalue weighted by Crippen LogP contribution is 2.22. The third-order valence-electron chi connectivity index (χ3n) is 2.51. The number of imide groups is 1. The molecule has 1 heterocycles. The lowest BCUT2D eigenvalue weighted by molar-refractivity contribution is 0.0658. The zero-order valence-electron chi connectivity index (χ0n) is 9.40. The Morgan fingerprint density at radius 3 is 2.29 bits per heavy atom. The highest BCUT2D eigenvalue weighted by molar-refractivity contribution is 8.03. The van der Waals surface area contributed by atoms with Crippen molar-refractivity contribution in [3.63, 3.8) is 0 Å². The van der Waals surface area contributed by atoms with Crippen LogP contribution in [0.3, 0.4) is 0 Å². The molecule has 0 unspecified atom stereocenters. The van der Waals surface area contributed by atoms with Crippen molar-refractivity contribution in [1.29, 1.82) is 0 Å². The molecule has 3 nitrogen and oxygen atoms in total. The van der Waals surface area contributed by atoms with Crippen molar-refractivity contribution in [2.24, 2.45) is 0 Å². The molecule has 1 aromatic carbocycles. The molecular weight excluding hydrogens is 234 g/mol. The van der Waals surface area contributed by atoms with Crippen LogP contribution in [-0.4, -0.2) is 29.5 Å². The first kappa shape index (κ1) is 11.7. The number of carbonyl (C=O) groups is 2. The van der Waals surface area contributed by atoms with Crippen molar-refractivity contribution < 1.29 is 9.59 Å². The number of hydrogen-bond acceptors (Lipinski definition) is 3. The fourth-order valence-electron chi connectivity index (χ4n) is 1.73. The summed E-state index contributed by atoms with van der Waals surface area (Å²) in [7, 11) is 0. The molecule has 4 heteroatoms. The molecule has 0 saturated carbocycles. The largest absolute Gasteiger partial charge is 0.273 e. The lowest BCUT2D eigenvalue weighted by Gasteiger charge is -2.10. The fourth-order valence-corrected chi connectivity index (χ4v) is 1.98. The van der Waals surface area contributed by atoms with Crippen LogP contribution in [0.5, 0.6) is 0 Å². The van der Waals surface area contributed by atoms with Gasteiger partial charge < -0.3 is 0 Å². The predicted octanol–water partition coefficient (Wildman–Crippen LogP) is 2.00. The van der Waals surface area contributed by atoms with Crippen LogP contribution < -0.4 is 0 Å². The van der Waals surface area contributed by atoms with Crippen LogP contribution in [0.25, 0.3) is 0 Å². The molecule has 0 fully saturated rings. The zero-order valence-corrected chi connectivity index (χ0v) is 10.2. The zero-order chi connectivity index (χ0) is 12.3. The highest BCUT2D eigenvalue weighted by atomic mass is 32.2. The Balaban J connectivity index is 2.13. The summed E-state index contributed by atoms with van der Waals surface area (Å²) in [6, 6.07) is 6.90. The lowest BCUT2D eigenvalue weighted by atomic mass is 10.1. The summed E-state index contributed by atoms with van der Waals surface area (Å²) >= 11 is 1.42. The van der Waals surface area contributed by atoms with Crippen molar-refractivity contribution in [2.75, 3.05) is 12.8 Å². The van der Waals surface area contributed by atoms with Gasteiger partial charge in [0.15, 0.2) is 0 Å². The van der Waals surface area contributed by atoms with Gasteiger partial charge in [-0.2, -0.15) is 0 Å². The van der Waals surface area contributed by atoms with Crippen LogP contribution in [0.4, 0.5) is 0 Å². The Morgan fingerprint density at radius 1 is 1.18 bits per heavy atom. The first-order valence-corrected chi connectivity index (χ1v) is 6.44. The fraction of sp³-hybridized carbons (Fsp3) is 0.231. The van der Waals surface area contributed by atoms with Gasteiger partial charge in [0.25, 0.3) is 11.8 Å². The second kappa shape index (κ2) is 5.07. The standard InChI is InChI=1S/C13H11NO2S/c1-17-9-5-4-8-14-12(15)10-6-2-3-7-11(10)13(14)16/h2-3,6-7H,4,8H2,1H3. The number of rotatable bonds is 2. The van der Waals surface area contributed by atoms with Crippen molar-refractivity contribution in [3.05, 3.63) is 35.4 Å². The lowest BCUT2D eigenvalue weighted by Crippen LogP contribution is -2.30. The van der Waals surface area contributed by atoms with E-state index in [1.165, 1.54) is 16.7 Å². The predicted molar refractivity (Wildman–Crippen MR) is 67.7 cm³/mol. The summed E-state index contributed by atoms with van der Waals surface area (Å²) < 4.78 is 0. The molecular formula is C13H11NO2S. The topological polar surface area (TPSA) is 37.4 Å². The molecule has 0 bridgehead atoms. The van der Waals surface area contributed by atoms with Crippen molar-refractivity contribution >= 4 is 23.6 Å². The molecule has 2 rings (SSSR count). The normalized spacial score (nSPS) is 13.4. The van der Waals surface area contributed by atoms with E-state index in [0.717, 1.165) is 0 Å². The van der Waals surface area contributed by atoms with E-state index < -0.39 is 0 Å². The minimum absolute atomic E-state index is 0.212. The van der Waals surface area contributed by atoms with Gasteiger partial charge in [0, 0.05) is 13.0 Å². The molecule has 86 valence electrons. The van der Waals surface area contributed by atoms with Gasteiger partial charge in [0.2, 0.25) is 0 Å². The Kier molecular flexibility index (Phi) is 3.50. The number of hydrogen-bond donors (Lipinski definition) is 0. The molecule has 0 N–H and O–H groups in total. The summed E-state index contributed by atoms with van der Waals surface area (Å²) in [6.45, 7) is 0.361. The molecule has 0 saturated heterocycles. The minimum atomic E-state index is -0.212. The summed E-state index contributed by atoms with van der Waals surface area (Å²) in [5, 5.41) is 2.84. The number of amides is 2. The van der Waals surface area contributed by atoms with Gasteiger partial charge in [-0.25, -0.2) is 0 Å². The SMILES string of the molecule is CSC#CCCN1C(=O)c2ccccc2C1=O.